The van der Waals surface area contributed by atoms with Crippen LogP contribution >= 0.6 is 0 Å². The number of piperidine rings is 1. The van der Waals surface area contributed by atoms with Gasteiger partial charge in [0.15, 0.2) is 17.3 Å². The van der Waals surface area contributed by atoms with Gasteiger partial charge in [0.25, 0.3) is 5.91 Å². The Hall–Kier alpha value is -4.26. The second-order valence-electron chi connectivity index (χ2n) is 9.51. The van der Waals surface area contributed by atoms with Crippen molar-refractivity contribution in [1.29, 1.82) is 0 Å². The minimum Gasteiger partial charge on any atom is -0.485 e. The number of hydrogen-bond acceptors (Lipinski definition) is 6. The zero-order valence-electron chi connectivity index (χ0n) is 20.7. The molecule has 0 saturated carbocycles. The molecule has 0 N–H and O–H groups in total. The van der Waals surface area contributed by atoms with E-state index in [1.165, 1.54) is 5.56 Å². The zero-order chi connectivity index (χ0) is 25.2. The van der Waals surface area contributed by atoms with Crippen LogP contribution in [-0.4, -0.2) is 51.6 Å². The van der Waals surface area contributed by atoms with Crippen LogP contribution in [0.5, 0.6) is 11.5 Å². The molecule has 4 aromatic rings. The van der Waals surface area contributed by atoms with Gasteiger partial charge in [-0.15, -0.1) is 0 Å². The molecule has 2 aliphatic heterocycles. The van der Waals surface area contributed by atoms with E-state index in [-0.39, 0.29) is 18.4 Å². The second kappa shape index (κ2) is 10.0. The third-order valence-corrected chi connectivity index (χ3v) is 7.15. The van der Waals surface area contributed by atoms with Crippen molar-refractivity contribution in [2.24, 2.45) is 0 Å². The van der Waals surface area contributed by atoms with Crippen LogP contribution in [-0.2, 0) is 4.79 Å². The number of carbonyl (C=O) groups is 1. The number of para-hydroxylation sites is 2. The van der Waals surface area contributed by atoms with E-state index in [1.54, 1.807) is 12.4 Å². The molecule has 4 heterocycles. The van der Waals surface area contributed by atoms with Crippen molar-refractivity contribution in [3.63, 3.8) is 0 Å². The fourth-order valence-electron chi connectivity index (χ4n) is 5.14. The van der Waals surface area contributed by atoms with Crippen LogP contribution in [0.1, 0.15) is 30.0 Å². The first-order valence-electron chi connectivity index (χ1n) is 12.7. The monoisotopic (exact) mass is 492 g/mol. The molecule has 186 valence electrons. The van der Waals surface area contributed by atoms with Crippen LogP contribution in [0.3, 0.4) is 0 Å². The SMILES string of the molecule is Cc1ccccc1-c1cnc(-c2cccnc2)nc1C1CCN(C(=O)[C@H]2COc3ccccc3O2)CC1. The highest BCUT2D eigenvalue weighted by Gasteiger charge is 2.34. The van der Waals surface area contributed by atoms with E-state index in [4.69, 9.17) is 19.4 Å². The molecule has 7 heteroatoms. The Balaban J connectivity index is 1.24. The number of aryl methyl sites for hydroxylation is 1. The van der Waals surface area contributed by atoms with E-state index < -0.39 is 6.10 Å². The highest BCUT2D eigenvalue weighted by molar-refractivity contribution is 5.82. The van der Waals surface area contributed by atoms with Crippen LogP contribution < -0.4 is 9.47 Å². The topological polar surface area (TPSA) is 77.4 Å². The Bertz CT molecular complexity index is 1420. The maximum absolute atomic E-state index is 13.3. The molecule has 0 bridgehead atoms. The number of rotatable bonds is 4. The number of amides is 1. The zero-order valence-corrected chi connectivity index (χ0v) is 20.7. The lowest BCUT2D eigenvalue weighted by atomic mass is 9.87. The van der Waals surface area contributed by atoms with Crippen LogP contribution in [0.4, 0.5) is 0 Å². The summed E-state index contributed by atoms with van der Waals surface area (Å²) in [4.78, 5) is 29.2. The summed E-state index contributed by atoms with van der Waals surface area (Å²) >= 11 is 0. The van der Waals surface area contributed by atoms with Crippen molar-refractivity contribution in [3.8, 4) is 34.0 Å². The van der Waals surface area contributed by atoms with E-state index in [1.807, 2.05) is 59.6 Å². The summed E-state index contributed by atoms with van der Waals surface area (Å²) in [7, 11) is 0. The fourth-order valence-corrected chi connectivity index (χ4v) is 5.14. The lowest BCUT2D eigenvalue weighted by Crippen LogP contribution is -2.48. The molecule has 6 rings (SSSR count). The Kier molecular flexibility index (Phi) is 6.26. The van der Waals surface area contributed by atoms with Crippen LogP contribution in [0.2, 0.25) is 0 Å². The number of pyridine rings is 1. The smallest absolute Gasteiger partial charge is 0.267 e. The lowest BCUT2D eigenvalue weighted by molar-refractivity contribution is -0.142. The van der Waals surface area contributed by atoms with Crippen molar-refractivity contribution in [2.75, 3.05) is 19.7 Å². The molecule has 0 unspecified atom stereocenters. The predicted octanol–water partition coefficient (Wildman–Crippen LogP) is 5.06. The van der Waals surface area contributed by atoms with Gasteiger partial charge in [-0.3, -0.25) is 9.78 Å². The van der Waals surface area contributed by atoms with Gasteiger partial charge in [-0.25, -0.2) is 9.97 Å². The minimum atomic E-state index is -0.620. The van der Waals surface area contributed by atoms with Crippen molar-refractivity contribution < 1.29 is 14.3 Å². The maximum atomic E-state index is 13.3. The van der Waals surface area contributed by atoms with E-state index in [2.05, 4.69) is 24.0 Å². The molecular weight excluding hydrogens is 464 g/mol. The van der Waals surface area contributed by atoms with Gasteiger partial charge in [0, 0.05) is 48.7 Å². The van der Waals surface area contributed by atoms with Gasteiger partial charge in [-0.05, 0) is 55.2 Å². The molecule has 1 saturated heterocycles. The quantitative estimate of drug-likeness (QED) is 0.396. The van der Waals surface area contributed by atoms with Crippen LogP contribution in [0.15, 0.2) is 79.3 Å². The summed E-state index contributed by atoms with van der Waals surface area (Å²) < 4.78 is 11.7. The Labute approximate surface area is 216 Å². The molecule has 7 nitrogen and oxygen atoms in total. The van der Waals surface area contributed by atoms with E-state index in [0.29, 0.717) is 30.4 Å². The first-order valence-corrected chi connectivity index (χ1v) is 12.7. The van der Waals surface area contributed by atoms with Crippen LogP contribution in [0.25, 0.3) is 22.5 Å². The Morgan fingerprint density at radius 3 is 2.49 bits per heavy atom. The molecule has 2 aromatic carbocycles. The van der Waals surface area contributed by atoms with E-state index in [9.17, 15) is 4.79 Å². The molecule has 1 fully saturated rings. The third kappa shape index (κ3) is 4.65. The number of ether oxygens (including phenoxy) is 2. The number of likely N-dealkylation sites (tertiary alicyclic amines) is 1. The fraction of sp³-hybridized carbons (Fsp3) is 0.267. The molecule has 37 heavy (non-hydrogen) atoms. The van der Waals surface area contributed by atoms with Gasteiger partial charge in [0.2, 0.25) is 6.10 Å². The maximum Gasteiger partial charge on any atom is 0.267 e. The molecule has 0 spiro atoms. The van der Waals surface area contributed by atoms with E-state index >= 15 is 0 Å². The summed E-state index contributed by atoms with van der Waals surface area (Å²) in [6.07, 6.45) is 6.49. The number of hydrogen-bond donors (Lipinski definition) is 0. The summed E-state index contributed by atoms with van der Waals surface area (Å²) in [6.45, 7) is 3.63. The van der Waals surface area contributed by atoms with Gasteiger partial charge in [-0.1, -0.05) is 36.4 Å². The molecule has 0 aliphatic carbocycles. The molecule has 2 aliphatic rings. The van der Waals surface area contributed by atoms with Gasteiger partial charge in [0.05, 0.1) is 5.69 Å². The number of nitrogens with zero attached hydrogens (tertiary/aromatic N) is 4. The van der Waals surface area contributed by atoms with Gasteiger partial charge in [0.1, 0.15) is 6.61 Å². The molecule has 1 amide bonds. The summed E-state index contributed by atoms with van der Waals surface area (Å²) in [5, 5.41) is 0. The van der Waals surface area contributed by atoms with Crippen LogP contribution in [0, 0.1) is 6.92 Å². The summed E-state index contributed by atoms with van der Waals surface area (Å²) in [5.74, 6) is 2.16. The second-order valence-corrected chi connectivity index (χ2v) is 9.51. The number of carbonyl (C=O) groups excluding carboxylic acids is 1. The lowest BCUT2D eigenvalue weighted by Gasteiger charge is -2.35. The Morgan fingerprint density at radius 2 is 1.70 bits per heavy atom. The summed E-state index contributed by atoms with van der Waals surface area (Å²) in [5.41, 5.74) is 5.30. The first kappa shape index (κ1) is 23.2. The standard InChI is InChI=1S/C30H28N4O3/c1-20-7-2-3-9-23(20)24-18-32-29(22-8-6-14-31-17-22)33-28(24)21-12-15-34(16-13-21)30(35)27-19-36-25-10-4-5-11-26(25)37-27/h2-11,14,17-18,21,27H,12-13,15-16,19H2,1H3/t27-/m1/s1. The van der Waals surface area contributed by atoms with Gasteiger partial charge in [-0.2, -0.15) is 0 Å². The molecular formula is C30H28N4O3. The van der Waals surface area contributed by atoms with Gasteiger partial charge >= 0.3 is 0 Å². The molecule has 2 aromatic heterocycles. The van der Waals surface area contributed by atoms with Gasteiger partial charge < -0.3 is 14.4 Å². The van der Waals surface area contributed by atoms with Crippen molar-refractivity contribution in [1.82, 2.24) is 19.9 Å². The highest BCUT2D eigenvalue weighted by atomic mass is 16.6. The minimum absolute atomic E-state index is 0.0224. The average molecular weight is 493 g/mol. The average Bonchev–Trinajstić information content (AvgIpc) is 2.97. The van der Waals surface area contributed by atoms with Crippen molar-refractivity contribution >= 4 is 5.91 Å². The largest absolute Gasteiger partial charge is 0.485 e. The van der Waals surface area contributed by atoms with E-state index in [0.717, 1.165) is 35.2 Å². The highest BCUT2D eigenvalue weighted by Crippen LogP contribution is 2.37. The molecule has 0 radical (unpaired) electrons. The number of benzene rings is 2. The predicted molar refractivity (Wildman–Crippen MR) is 140 cm³/mol. The molecule has 1 atom stereocenters. The number of fused-ring (bicyclic) bond motifs is 1. The summed E-state index contributed by atoms with van der Waals surface area (Å²) in [6, 6.07) is 19.7. The first-order chi connectivity index (χ1) is 18.2. The van der Waals surface area contributed by atoms with Crippen molar-refractivity contribution in [3.05, 3.63) is 90.5 Å². The Morgan fingerprint density at radius 1 is 0.919 bits per heavy atom. The van der Waals surface area contributed by atoms with Crippen molar-refractivity contribution in [2.45, 2.75) is 31.8 Å². The normalized spacial score (nSPS) is 17.4. The third-order valence-electron chi connectivity index (χ3n) is 7.15. The number of aromatic nitrogens is 3.